The molecule has 2 aromatic heterocycles. The van der Waals surface area contributed by atoms with Crippen LogP contribution >= 0.6 is 0 Å². The minimum absolute atomic E-state index is 0.00669. The zero-order chi connectivity index (χ0) is 23.0. The van der Waals surface area contributed by atoms with Gasteiger partial charge in [-0.25, -0.2) is 4.98 Å². The van der Waals surface area contributed by atoms with E-state index in [4.69, 9.17) is 4.42 Å². The Kier molecular flexibility index (Phi) is 5.50. The molecule has 5 rings (SSSR count). The SMILES string of the molecule is Cc1c(CN(C)C(=O)C=Cc2cnc3c(c2)CNC2(CCCC2)C(=O)N3)oc2ccccc12. The summed E-state index contributed by atoms with van der Waals surface area (Å²) < 4.78 is 5.94. The van der Waals surface area contributed by atoms with E-state index in [1.165, 1.54) is 0 Å². The molecule has 7 heteroatoms. The number of carbonyl (C=O) groups excluding carboxylic acids is 2. The summed E-state index contributed by atoms with van der Waals surface area (Å²) in [5.41, 5.74) is 3.14. The summed E-state index contributed by atoms with van der Waals surface area (Å²) in [5, 5.41) is 7.51. The Labute approximate surface area is 192 Å². The number of aromatic nitrogens is 1. The fourth-order valence-electron chi connectivity index (χ4n) is 4.79. The maximum atomic E-state index is 12.7. The molecule has 1 aliphatic carbocycles. The summed E-state index contributed by atoms with van der Waals surface area (Å²) in [5.74, 6) is 1.26. The maximum absolute atomic E-state index is 12.7. The standard InChI is InChI=1S/C26H28N4O3/c1-17-20-7-3-4-8-21(20)33-22(17)16-30(2)23(31)10-9-18-13-19-15-28-26(11-5-6-12-26)25(32)29-24(19)27-14-18/h3-4,7-10,13-14,28H,5-6,11-12,15-16H2,1-2H3,(H,27,29,32). The average Bonchev–Trinajstić information content (AvgIpc) is 3.39. The van der Waals surface area contributed by atoms with Crippen LogP contribution < -0.4 is 10.6 Å². The average molecular weight is 445 g/mol. The van der Waals surface area contributed by atoms with Crippen LogP contribution in [0.5, 0.6) is 0 Å². The molecule has 7 nitrogen and oxygen atoms in total. The molecule has 0 bridgehead atoms. The number of hydrogen-bond donors (Lipinski definition) is 2. The zero-order valence-corrected chi connectivity index (χ0v) is 19.0. The van der Waals surface area contributed by atoms with E-state index in [9.17, 15) is 9.59 Å². The van der Waals surface area contributed by atoms with Gasteiger partial charge in [-0.05, 0) is 43.5 Å². The van der Waals surface area contributed by atoms with Gasteiger partial charge in [0, 0.05) is 42.4 Å². The highest BCUT2D eigenvalue weighted by molar-refractivity contribution is 5.99. The first-order valence-corrected chi connectivity index (χ1v) is 11.4. The third-order valence-corrected chi connectivity index (χ3v) is 6.85. The minimum atomic E-state index is -0.482. The second-order valence-corrected chi connectivity index (χ2v) is 9.05. The van der Waals surface area contributed by atoms with Crippen molar-refractivity contribution >= 4 is 34.7 Å². The molecule has 1 aromatic carbocycles. The van der Waals surface area contributed by atoms with Crippen LogP contribution in [0.4, 0.5) is 5.82 Å². The molecule has 0 atom stereocenters. The van der Waals surface area contributed by atoms with Crippen LogP contribution in [0.3, 0.4) is 0 Å². The maximum Gasteiger partial charge on any atom is 0.246 e. The number of nitrogens with one attached hydrogen (secondary N) is 2. The van der Waals surface area contributed by atoms with Gasteiger partial charge in [0.1, 0.15) is 17.2 Å². The number of pyridine rings is 1. The number of likely N-dealkylation sites (N-methyl/N-ethyl adjacent to an activating group) is 1. The summed E-state index contributed by atoms with van der Waals surface area (Å²) in [6.45, 7) is 2.98. The van der Waals surface area contributed by atoms with Crippen LogP contribution in [0.25, 0.3) is 17.0 Å². The fraction of sp³-hybridized carbons (Fsp3) is 0.346. The molecule has 2 aliphatic rings. The number of carbonyl (C=O) groups is 2. The fourth-order valence-corrected chi connectivity index (χ4v) is 4.79. The number of amides is 2. The lowest BCUT2D eigenvalue weighted by Gasteiger charge is -2.26. The molecule has 1 saturated carbocycles. The Balaban J connectivity index is 1.27. The lowest BCUT2D eigenvalue weighted by atomic mass is 9.97. The van der Waals surface area contributed by atoms with Gasteiger partial charge < -0.3 is 14.6 Å². The molecule has 33 heavy (non-hydrogen) atoms. The summed E-state index contributed by atoms with van der Waals surface area (Å²) in [6, 6.07) is 9.85. The highest BCUT2D eigenvalue weighted by Gasteiger charge is 2.42. The van der Waals surface area contributed by atoms with Crippen LogP contribution in [0.15, 0.2) is 47.0 Å². The molecule has 0 radical (unpaired) electrons. The van der Waals surface area contributed by atoms with E-state index in [-0.39, 0.29) is 11.8 Å². The van der Waals surface area contributed by atoms with Crippen LogP contribution in [0, 0.1) is 6.92 Å². The van der Waals surface area contributed by atoms with E-state index >= 15 is 0 Å². The van der Waals surface area contributed by atoms with Gasteiger partial charge in [0.2, 0.25) is 11.8 Å². The van der Waals surface area contributed by atoms with Crippen molar-refractivity contribution in [3.8, 4) is 0 Å². The number of aryl methyl sites for hydroxylation is 1. The van der Waals surface area contributed by atoms with Crippen molar-refractivity contribution < 1.29 is 14.0 Å². The van der Waals surface area contributed by atoms with Gasteiger partial charge in [0.15, 0.2) is 0 Å². The highest BCUT2D eigenvalue weighted by Crippen LogP contribution is 2.33. The number of nitrogens with zero attached hydrogens (tertiary/aromatic N) is 2. The van der Waals surface area contributed by atoms with Gasteiger partial charge in [0.05, 0.1) is 12.1 Å². The predicted octanol–water partition coefficient (Wildman–Crippen LogP) is 4.16. The molecular formula is C26H28N4O3. The van der Waals surface area contributed by atoms with Gasteiger partial charge in [-0.15, -0.1) is 0 Å². The molecule has 1 aliphatic heterocycles. The van der Waals surface area contributed by atoms with Crippen molar-refractivity contribution in [3.63, 3.8) is 0 Å². The number of anilines is 1. The molecule has 2 amide bonds. The Bertz CT molecular complexity index is 1250. The Morgan fingerprint density at radius 1 is 1.27 bits per heavy atom. The predicted molar refractivity (Wildman–Crippen MR) is 127 cm³/mol. The first-order valence-electron chi connectivity index (χ1n) is 11.4. The first kappa shape index (κ1) is 21.4. The smallest absolute Gasteiger partial charge is 0.246 e. The summed E-state index contributed by atoms with van der Waals surface area (Å²) in [7, 11) is 1.76. The summed E-state index contributed by atoms with van der Waals surface area (Å²) >= 11 is 0. The van der Waals surface area contributed by atoms with Crippen molar-refractivity contribution in [1.29, 1.82) is 0 Å². The summed E-state index contributed by atoms with van der Waals surface area (Å²) in [6.07, 6.45) is 8.80. The van der Waals surface area contributed by atoms with Gasteiger partial charge in [-0.3, -0.25) is 14.9 Å². The van der Waals surface area contributed by atoms with Crippen molar-refractivity contribution in [2.24, 2.45) is 0 Å². The molecule has 170 valence electrons. The Hall–Kier alpha value is -3.45. The monoisotopic (exact) mass is 444 g/mol. The van der Waals surface area contributed by atoms with Crippen molar-refractivity contribution in [2.75, 3.05) is 12.4 Å². The van der Waals surface area contributed by atoms with Gasteiger partial charge in [-0.1, -0.05) is 31.0 Å². The second-order valence-electron chi connectivity index (χ2n) is 9.05. The molecule has 0 saturated heterocycles. The largest absolute Gasteiger partial charge is 0.459 e. The van der Waals surface area contributed by atoms with Crippen LogP contribution in [-0.2, 0) is 22.7 Å². The number of benzene rings is 1. The van der Waals surface area contributed by atoms with E-state index in [1.807, 2.05) is 37.3 Å². The third kappa shape index (κ3) is 4.04. The second kappa shape index (κ2) is 8.48. The zero-order valence-electron chi connectivity index (χ0n) is 19.0. The number of para-hydroxylation sites is 1. The van der Waals surface area contributed by atoms with E-state index in [0.29, 0.717) is 18.9 Å². The van der Waals surface area contributed by atoms with Crippen molar-refractivity contribution in [3.05, 3.63) is 65.1 Å². The van der Waals surface area contributed by atoms with Gasteiger partial charge in [-0.2, -0.15) is 0 Å². The molecule has 0 unspecified atom stereocenters. The molecular weight excluding hydrogens is 416 g/mol. The van der Waals surface area contributed by atoms with Crippen LogP contribution in [0.2, 0.25) is 0 Å². The van der Waals surface area contributed by atoms with E-state index in [2.05, 4.69) is 15.6 Å². The molecule has 1 fully saturated rings. The van der Waals surface area contributed by atoms with Gasteiger partial charge in [0.25, 0.3) is 0 Å². The van der Waals surface area contributed by atoms with Crippen molar-refractivity contribution in [2.45, 2.75) is 51.2 Å². The van der Waals surface area contributed by atoms with E-state index in [1.54, 1.807) is 30.3 Å². The van der Waals surface area contributed by atoms with E-state index in [0.717, 1.165) is 59.1 Å². The molecule has 3 aromatic rings. The first-order chi connectivity index (χ1) is 15.9. The third-order valence-electron chi connectivity index (χ3n) is 6.85. The Morgan fingerprint density at radius 2 is 2.06 bits per heavy atom. The van der Waals surface area contributed by atoms with Gasteiger partial charge >= 0.3 is 0 Å². The molecule has 2 N–H and O–H groups in total. The quantitative estimate of drug-likeness (QED) is 0.590. The number of hydrogen-bond acceptors (Lipinski definition) is 5. The number of rotatable bonds is 4. The lowest BCUT2D eigenvalue weighted by Crippen LogP contribution is -2.50. The lowest BCUT2D eigenvalue weighted by molar-refractivity contribution is -0.125. The Morgan fingerprint density at radius 3 is 2.85 bits per heavy atom. The molecule has 1 spiro atoms. The van der Waals surface area contributed by atoms with Crippen LogP contribution in [-0.4, -0.2) is 34.3 Å². The minimum Gasteiger partial charge on any atom is -0.459 e. The van der Waals surface area contributed by atoms with Crippen LogP contribution in [0.1, 0.15) is 48.1 Å². The highest BCUT2D eigenvalue weighted by atomic mass is 16.3. The topological polar surface area (TPSA) is 87.5 Å². The number of fused-ring (bicyclic) bond motifs is 2. The number of furan rings is 1. The normalized spacial score (nSPS) is 17.3. The summed E-state index contributed by atoms with van der Waals surface area (Å²) in [4.78, 5) is 31.5. The van der Waals surface area contributed by atoms with E-state index < -0.39 is 5.54 Å². The molecule has 3 heterocycles. The van der Waals surface area contributed by atoms with Crippen molar-refractivity contribution in [1.82, 2.24) is 15.2 Å².